The third-order valence-electron chi connectivity index (χ3n) is 5.11. The van der Waals surface area contributed by atoms with Gasteiger partial charge >= 0.3 is 5.97 Å². The minimum Gasteiger partial charge on any atom is -0.460 e. The summed E-state index contributed by atoms with van der Waals surface area (Å²) in [6, 6.07) is 11.9. The minimum atomic E-state index is -0.517. The lowest BCUT2D eigenvalue weighted by atomic mass is 10.1. The number of aryl methyl sites for hydroxylation is 1. The van der Waals surface area contributed by atoms with Crippen molar-refractivity contribution < 1.29 is 13.9 Å². The van der Waals surface area contributed by atoms with Crippen LogP contribution in [0, 0.1) is 6.92 Å². The highest BCUT2D eigenvalue weighted by Crippen LogP contribution is 2.37. The first kappa shape index (κ1) is 19.2. The van der Waals surface area contributed by atoms with Gasteiger partial charge in [0.15, 0.2) is 0 Å². The van der Waals surface area contributed by atoms with Crippen molar-refractivity contribution in [2.24, 2.45) is 4.99 Å². The van der Waals surface area contributed by atoms with Crippen molar-refractivity contribution in [3.8, 4) is 11.3 Å². The quantitative estimate of drug-likeness (QED) is 0.343. The first-order valence-corrected chi connectivity index (χ1v) is 10.1. The van der Waals surface area contributed by atoms with Gasteiger partial charge in [-0.2, -0.15) is 0 Å². The Bertz CT molecular complexity index is 1030. The molecule has 0 N–H and O–H groups in total. The summed E-state index contributed by atoms with van der Waals surface area (Å²) in [5, 5.41) is 0.751. The number of rotatable bonds is 5. The third-order valence-corrected chi connectivity index (χ3v) is 5.11. The van der Waals surface area contributed by atoms with Crippen LogP contribution in [0.5, 0.6) is 0 Å². The van der Waals surface area contributed by atoms with Gasteiger partial charge in [-0.1, -0.05) is 30.3 Å². The highest BCUT2D eigenvalue weighted by atomic mass is 16.5. The Kier molecular flexibility index (Phi) is 5.60. The monoisotopic (exact) mass is 391 g/mol. The van der Waals surface area contributed by atoms with Gasteiger partial charge in [0.05, 0.1) is 24.0 Å². The predicted octanol–water partition coefficient (Wildman–Crippen LogP) is 5.13. The summed E-state index contributed by atoms with van der Waals surface area (Å²) < 4.78 is 11.1. The largest absolute Gasteiger partial charge is 0.460 e. The molecule has 4 rings (SSSR count). The van der Waals surface area contributed by atoms with E-state index in [0.717, 1.165) is 48.1 Å². The van der Waals surface area contributed by atoms with E-state index in [9.17, 15) is 4.79 Å². The van der Waals surface area contributed by atoms with Gasteiger partial charge in [0, 0.05) is 18.7 Å². The third kappa shape index (κ3) is 4.01. The van der Waals surface area contributed by atoms with Gasteiger partial charge in [-0.3, -0.25) is 0 Å². The Morgan fingerprint density at radius 1 is 1.24 bits per heavy atom. The van der Waals surface area contributed by atoms with Crippen molar-refractivity contribution in [1.82, 2.24) is 9.88 Å². The van der Waals surface area contributed by atoms with Gasteiger partial charge in [0.25, 0.3) is 0 Å². The molecule has 0 amide bonds. The number of nitrogens with zero attached hydrogens (tertiary/aromatic N) is 3. The van der Waals surface area contributed by atoms with Crippen LogP contribution in [0.3, 0.4) is 0 Å². The van der Waals surface area contributed by atoms with Gasteiger partial charge in [-0.25, -0.2) is 14.8 Å². The molecular weight excluding hydrogens is 366 g/mol. The van der Waals surface area contributed by atoms with Crippen LogP contribution >= 0.6 is 0 Å². The van der Waals surface area contributed by atoms with E-state index in [1.54, 1.807) is 6.92 Å². The van der Waals surface area contributed by atoms with Gasteiger partial charge < -0.3 is 14.1 Å². The molecule has 2 aromatic heterocycles. The molecule has 150 valence electrons. The summed E-state index contributed by atoms with van der Waals surface area (Å²) in [5.74, 6) is -0.409. The summed E-state index contributed by atoms with van der Waals surface area (Å²) in [6.07, 6.45) is 5.38. The number of hydrogen-bond acceptors (Lipinski definition) is 5. The molecular formula is C23H25N3O3. The van der Waals surface area contributed by atoms with Gasteiger partial charge in [0.1, 0.15) is 5.69 Å². The molecule has 0 bridgehead atoms. The number of piperidine rings is 1. The fraction of sp³-hybridized carbons (Fsp3) is 0.348. The second kappa shape index (κ2) is 8.47. The molecule has 1 aliphatic heterocycles. The van der Waals surface area contributed by atoms with Crippen molar-refractivity contribution in [3.63, 3.8) is 0 Å². The molecule has 0 atom stereocenters. The normalized spacial score (nSPS) is 14.6. The maximum absolute atomic E-state index is 12.5. The molecule has 1 fully saturated rings. The number of pyridine rings is 1. The highest BCUT2D eigenvalue weighted by Gasteiger charge is 2.24. The summed E-state index contributed by atoms with van der Waals surface area (Å²) in [4.78, 5) is 24.0. The zero-order chi connectivity index (χ0) is 20.2. The number of likely N-dealkylation sites (tertiary alicyclic amines) is 1. The van der Waals surface area contributed by atoms with Crippen LogP contribution < -0.4 is 0 Å². The molecule has 0 radical (unpaired) electrons. The van der Waals surface area contributed by atoms with E-state index in [-0.39, 0.29) is 12.4 Å². The predicted molar refractivity (Wildman–Crippen MR) is 114 cm³/mol. The molecule has 1 aliphatic rings. The SMILES string of the molecule is CCOC(=O)c1oc2nc(-c3ccccc3)cc(C)c2c1N=CN1CCCCC1. The molecule has 0 saturated carbocycles. The number of ether oxygens (including phenoxy) is 1. The molecule has 0 aliphatic carbocycles. The molecule has 1 saturated heterocycles. The standard InChI is InChI=1S/C23H25N3O3/c1-3-28-23(27)21-20(24-15-26-12-8-5-9-13-26)19-16(2)14-18(25-22(19)29-21)17-10-6-4-7-11-17/h4,6-7,10-11,14-15H,3,5,8-9,12-13H2,1-2H3. The van der Waals surface area contributed by atoms with Crippen molar-refractivity contribution in [2.45, 2.75) is 33.1 Å². The van der Waals surface area contributed by atoms with E-state index in [4.69, 9.17) is 9.15 Å². The topological polar surface area (TPSA) is 67.9 Å². The molecule has 29 heavy (non-hydrogen) atoms. The molecule has 0 unspecified atom stereocenters. The number of hydrogen-bond donors (Lipinski definition) is 0. The minimum absolute atomic E-state index is 0.107. The van der Waals surface area contributed by atoms with Crippen LogP contribution in [-0.2, 0) is 4.74 Å². The Morgan fingerprint density at radius 2 is 2.00 bits per heavy atom. The van der Waals surface area contributed by atoms with Gasteiger partial charge in [-0.15, -0.1) is 0 Å². The van der Waals surface area contributed by atoms with Crippen molar-refractivity contribution in [1.29, 1.82) is 0 Å². The Balaban J connectivity index is 1.81. The van der Waals surface area contributed by atoms with Crippen LogP contribution in [0.15, 0.2) is 45.8 Å². The fourth-order valence-corrected chi connectivity index (χ4v) is 3.65. The van der Waals surface area contributed by atoms with Crippen LogP contribution in [0.4, 0.5) is 5.69 Å². The van der Waals surface area contributed by atoms with E-state index in [0.29, 0.717) is 11.4 Å². The lowest BCUT2D eigenvalue weighted by Crippen LogP contribution is -2.28. The fourth-order valence-electron chi connectivity index (χ4n) is 3.65. The van der Waals surface area contributed by atoms with Gasteiger partial charge in [-0.05, 0) is 44.7 Å². The number of furan rings is 1. The van der Waals surface area contributed by atoms with E-state index < -0.39 is 5.97 Å². The summed E-state index contributed by atoms with van der Waals surface area (Å²) in [5.41, 5.74) is 3.64. The highest BCUT2D eigenvalue weighted by molar-refractivity contribution is 6.04. The average Bonchev–Trinajstić information content (AvgIpc) is 3.13. The summed E-state index contributed by atoms with van der Waals surface area (Å²) in [6.45, 7) is 5.98. The van der Waals surface area contributed by atoms with Crippen LogP contribution in [-0.4, -0.2) is 41.9 Å². The van der Waals surface area contributed by atoms with Crippen LogP contribution in [0.1, 0.15) is 42.3 Å². The van der Waals surface area contributed by atoms with E-state index >= 15 is 0 Å². The number of carbonyl (C=O) groups is 1. The maximum Gasteiger partial charge on any atom is 0.376 e. The zero-order valence-electron chi connectivity index (χ0n) is 16.9. The van der Waals surface area contributed by atoms with Crippen molar-refractivity contribution in [2.75, 3.05) is 19.7 Å². The molecule has 3 heterocycles. The summed E-state index contributed by atoms with van der Waals surface area (Å²) in [7, 11) is 0. The number of aliphatic imine (C=N–C) groups is 1. The molecule has 0 spiro atoms. The maximum atomic E-state index is 12.5. The first-order valence-electron chi connectivity index (χ1n) is 10.1. The second-order valence-corrected chi connectivity index (χ2v) is 7.21. The molecule has 3 aromatic rings. The molecule has 6 heteroatoms. The van der Waals surface area contributed by atoms with Crippen LogP contribution in [0.25, 0.3) is 22.4 Å². The van der Waals surface area contributed by atoms with E-state index in [2.05, 4.69) is 14.9 Å². The smallest absolute Gasteiger partial charge is 0.376 e. The number of fused-ring (bicyclic) bond motifs is 1. The summed E-state index contributed by atoms with van der Waals surface area (Å²) >= 11 is 0. The molecule has 6 nitrogen and oxygen atoms in total. The number of aromatic nitrogens is 1. The molecule has 1 aromatic carbocycles. The lowest BCUT2D eigenvalue weighted by molar-refractivity contribution is 0.0493. The Labute approximate surface area is 170 Å². The Morgan fingerprint density at radius 3 is 2.72 bits per heavy atom. The lowest BCUT2D eigenvalue weighted by Gasteiger charge is -2.23. The van der Waals surface area contributed by atoms with Crippen LogP contribution in [0.2, 0.25) is 0 Å². The number of carbonyl (C=O) groups excluding carboxylic acids is 1. The second-order valence-electron chi connectivity index (χ2n) is 7.21. The number of esters is 1. The van der Waals surface area contributed by atoms with Gasteiger partial charge in [0.2, 0.25) is 11.5 Å². The Hall–Kier alpha value is -3.15. The first-order chi connectivity index (χ1) is 14.2. The van der Waals surface area contributed by atoms with Crippen molar-refractivity contribution in [3.05, 3.63) is 47.7 Å². The van der Waals surface area contributed by atoms with Crippen molar-refractivity contribution >= 4 is 29.1 Å². The van der Waals surface area contributed by atoms with E-state index in [1.807, 2.05) is 49.7 Å². The number of benzene rings is 1. The average molecular weight is 391 g/mol. The zero-order valence-corrected chi connectivity index (χ0v) is 16.9. The van der Waals surface area contributed by atoms with E-state index in [1.165, 1.54) is 6.42 Å².